The Morgan fingerprint density at radius 2 is 1.93 bits per heavy atom. The van der Waals surface area contributed by atoms with E-state index in [2.05, 4.69) is 5.32 Å². The van der Waals surface area contributed by atoms with E-state index >= 15 is 0 Å². The second-order valence-electron chi connectivity index (χ2n) is 6.53. The molecule has 0 bridgehead atoms. The fourth-order valence-electron chi connectivity index (χ4n) is 2.87. The van der Waals surface area contributed by atoms with Gasteiger partial charge in [0.25, 0.3) is 0 Å². The van der Waals surface area contributed by atoms with Gasteiger partial charge in [-0.2, -0.15) is 0 Å². The minimum Gasteiger partial charge on any atom is -0.491 e. The largest absolute Gasteiger partial charge is 0.491 e. The molecule has 0 amide bonds. The number of benzene rings is 2. The van der Waals surface area contributed by atoms with Crippen molar-refractivity contribution in [1.29, 1.82) is 0 Å². The lowest BCUT2D eigenvalue weighted by atomic mass is 10.1. The zero-order chi connectivity index (χ0) is 20.1. The third-order valence-corrected chi connectivity index (χ3v) is 6.27. The molecule has 0 saturated carbocycles. The van der Waals surface area contributed by atoms with Gasteiger partial charge >= 0.3 is 0 Å². The molecule has 3 rings (SSSR count). The Morgan fingerprint density at radius 1 is 1.18 bits per heavy atom. The maximum atomic E-state index is 12.3. The zero-order valence-corrected chi connectivity index (χ0v) is 17.7. The minimum absolute atomic E-state index is 0.0263. The monoisotopic (exact) mass is 444 g/mol. The zero-order valence-electron chi connectivity index (χ0n) is 15.4. The average molecular weight is 445 g/mol. The summed E-state index contributed by atoms with van der Waals surface area (Å²) in [7, 11) is -3.44. The second-order valence-corrected chi connectivity index (χ2v) is 9.25. The van der Waals surface area contributed by atoms with Gasteiger partial charge in [-0.25, -0.2) is 8.42 Å². The molecule has 1 heterocycles. The summed E-state index contributed by atoms with van der Waals surface area (Å²) in [4.78, 5) is 0. The molecule has 1 aliphatic heterocycles. The molecule has 1 fully saturated rings. The normalized spacial score (nSPS) is 16.9. The van der Waals surface area contributed by atoms with Crippen molar-refractivity contribution in [2.75, 3.05) is 37.0 Å². The second kappa shape index (κ2) is 9.33. The molecule has 152 valence electrons. The van der Waals surface area contributed by atoms with E-state index in [9.17, 15) is 8.42 Å². The van der Waals surface area contributed by atoms with E-state index in [1.165, 1.54) is 10.6 Å². The van der Waals surface area contributed by atoms with Crippen molar-refractivity contribution in [3.8, 4) is 5.75 Å². The summed E-state index contributed by atoms with van der Waals surface area (Å²) in [5.41, 5.74) is 1.49. The Balaban J connectivity index is 1.66. The van der Waals surface area contributed by atoms with Crippen LogP contribution in [0.1, 0.15) is 5.56 Å². The molecule has 0 spiro atoms. The van der Waals surface area contributed by atoms with Gasteiger partial charge in [-0.3, -0.25) is 9.62 Å². The molecule has 2 aromatic rings. The molecule has 1 aliphatic rings. The van der Waals surface area contributed by atoms with Crippen molar-refractivity contribution in [2.45, 2.75) is 12.5 Å². The van der Waals surface area contributed by atoms with Crippen molar-refractivity contribution in [3.05, 3.63) is 58.1 Å². The minimum atomic E-state index is -3.44. The van der Waals surface area contributed by atoms with Gasteiger partial charge in [0.05, 0.1) is 28.7 Å². The van der Waals surface area contributed by atoms with Crippen molar-refractivity contribution < 1.29 is 17.9 Å². The predicted octanol–water partition coefficient (Wildman–Crippen LogP) is 3.33. The topological polar surface area (TPSA) is 67.9 Å². The van der Waals surface area contributed by atoms with Crippen LogP contribution in [0.15, 0.2) is 42.5 Å². The van der Waals surface area contributed by atoms with Crippen LogP contribution in [0.5, 0.6) is 5.75 Å². The number of sulfonamides is 1. The van der Waals surface area contributed by atoms with E-state index in [-0.39, 0.29) is 6.10 Å². The van der Waals surface area contributed by atoms with Crippen LogP contribution in [0.25, 0.3) is 0 Å². The Kier molecular flexibility index (Phi) is 7.06. The number of ether oxygens (including phenoxy) is 2. The number of hydrogen-bond donors (Lipinski definition) is 1. The molecule has 6 nitrogen and oxygen atoms in total. The lowest BCUT2D eigenvalue weighted by Gasteiger charge is -2.23. The van der Waals surface area contributed by atoms with Gasteiger partial charge in [-0.15, -0.1) is 0 Å². The van der Waals surface area contributed by atoms with Crippen molar-refractivity contribution in [1.82, 2.24) is 5.32 Å². The van der Waals surface area contributed by atoms with Crippen LogP contribution in [0.2, 0.25) is 10.0 Å². The van der Waals surface area contributed by atoms with Gasteiger partial charge in [-0.1, -0.05) is 29.3 Å². The van der Waals surface area contributed by atoms with Crippen LogP contribution < -0.4 is 14.4 Å². The number of rotatable bonds is 8. The summed E-state index contributed by atoms with van der Waals surface area (Å²) in [5, 5.41) is 4.02. The van der Waals surface area contributed by atoms with Gasteiger partial charge < -0.3 is 9.47 Å². The highest BCUT2D eigenvalue weighted by Gasteiger charge is 2.18. The fraction of sp³-hybridized carbons (Fsp3) is 0.368. The van der Waals surface area contributed by atoms with Crippen LogP contribution in [-0.4, -0.2) is 47.2 Å². The molecule has 0 radical (unpaired) electrons. The van der Waals surface area contributed by atoms with Gasteiger partial charge in [0, 0.05) is 13.1 Å². The van der Waals surface area contributed by atoms with E-state index in [0.29, 0.717) is 47.8 Å². The fourth-order valence-corrected chi connectivity index (χ4v) is 4.12. The highest BCUT2D eigenvalue weighted by atomic mass is 35.5. The lowest BCUT2D eigenvalue weighted by Crippen LogP contribution is -2.31. The molecule has 28 heavy (non-hydrogen) atoms. The molecular formula is C19H22Cl2N2O4S. The molecule has 1 saturated heterocycles. The molecule has 9 heteroatoms. The first-order valence-corrected chi connectivity index (χ1v) is 11.4. The van der Waals surface area contributed by atoms with Crippen LogP contribution in [-0.2, 0) is 21.2 Å². The van der Waals surface area contributed by atoms with Gasteiger partial charge in [0.1, 0.15) is 18.5 Å². The maximum absolute atomic E-state index is 12.3. The lowest BCUT2D eigenvalue weighted by molar-refractivity contribution is 0.0717. The van der Waals surface area contributed by atoms with Crippen LogP contribution in [0.4, 0.5) is 5.69 Å². The quantitative estimate of drug-likeness (QED) is 0.675. The van der Waals surface area contributed by atoms with E-state index in [1.54, 1.807) is 36.4 Å². The van der Waals surface area contributed by atoms with E-state index in [1.807, 2.05) is 6.07 Å². The first kappa shape index (κ1) is 21.2. The average Bonchev–Trinajstić information content (AvgIpc) is 3.16. The predicted molar refractivity (Wildman–Crippen MR) is 112 cm³/mol. The standard InChI is InChI=1S/C19H22Cl2N2O4S/c1-28(24,25)23(9-8-14-2-7-18(20)19(21)10-14)15-3-5-16(6-4-15)26-12-17-11-22-13-27-17/h2-7,10,17,22H,8-9,11-13H2,1H3. The van der Waals surface area contributed by atoms with Crippen molar-refractivity contribution in [2.24, 2.45) is 0 Å². The molecule has 0 aliphatic carbocycles. The summed E-state index contributed by atoms with van der Waals surface area (Å²) in [6.45, 7) is 2.03. The van der Waals surface area contributed by atoms with Gasteiger partial charge in [0.2, 0.25) is 10.0 Å². The molecular weight excluding hydrogens is 423 g/mol. The Bertz CT molecular complexity index is 901. The first-order valence-electron chi connectivity index (χ1n) is 8.80. The summed E-state index contributed by atoms with van der Waals surface area (Å²) in [6, 6.07) is 12.3. The third kappa shape index (κ3) is 5.75. The third-order valence-electron chi connectivity index (χ3n) is 4.34. The summed E-state index contributed by atoms with van der Waals surface area (Å²) < 4.78 is 37.1. The number of anilines is 1. The van der Waals surface area contributed by atoms with Crippen molar-refractivity contribution in [3.63, 3.8) is 0 Å². The number of hydrogen-bond acceptors (Lipinski definition) is 5. The molecule has 2 aromatic carbocycles. The Morgan fingerprint density at radius 3 is 2.54 bits per heavy atom. The molecule has 0 aromatic heterocycles. The maximum Gasteiger partial charge on any atom is 0.232 e. The van der Waals surface area contributed by atoms with Gasteiger partial charge in [0.15, 0.2) is 0 Å². The summed E-state index contributed by atoms with van der Waals surface area (Å²) in [6.07, 6.45) is 1.73. The molecule has 1 N–H and O–H groups in total. The smallest absolute Gasteiger partial charge is 0.232 e. The van der Waals surface area contributed by atoms with Crippen LogP contribution in [0, 0.1) is 0 Å². The number of nitrogens with one attached hydrogen (secondary N) is 1. The first-order chi connectivity index (χ1) is 13.3. The van der Waals surface area contributed by atoms with E-state index < -0.39 is 10.0 Å². The SMILES string of the molecule is CS(=O)(=O)N(CCc1ccc(Cl)c(Cl)c1)c1ccc(OCC2CNCO2)cc1. The highest BCUT2D eigenvalue weighted by molar-refractivity contribution is 7.92. The van der Waals surface area contributed by atoms with Gasteiger partial charge in [-0.05, 0) is 48.4 Å². The summed E-state index contributed by atoms with van der Waals surface area (Å²) in [5.74, 6) is 0.664. The van der Waals surface area contributed by atoms with Crippen LogP contribution in [0.3, 0.4) is 0 Å². The number of halogens is 2. The molecule has 1 atom stereocenters. The number of nitrogens with zero attached hydrogens (tertiary/aromatic N) is 1. The Hall–Kier alpha value is -1.51. The summed E-state index contributed by atoms with van der Waals surface area (Å²) >= 11 is 12.0. The Labute approximate surface area is 175 Å². The van der Waals surface area contributed by atoms with E-state index in [0.717, 1.165) is 12.1 Å². The van der Waals surface area contributed by atoms with Crippen LogP contribution >= 0.6 is 23.2 Å². The van der Waals surface area contributed by atoms with Crippen molar-refractivity contribution >= 4 is 38.9 Å². The highest BCUT2D eigenvalue weighted by Crippen LogP contribution is 2.25. The molecule has 1 unspecified atom stereocenters. The van der Waals surface area contributed by atoms with E-state index in [4.69, 9.17) is 32.7 Å².